The predicted molar refractivity (Wildman–Crippen MR) is 72.6 cm³/mol. The maximum Gasteiger partial charge on any atom is 0.433 e. The number of nitrogens with two attached hydrogens (primary N) is 1. The van der Waals surface area contributed by atoms with Crippen LogP contribution in [-0.4, -0.2) is 14.6 Å². The second-order valence-corrected chi connectivity index (χ2v) is 4.73. The van der Waals surface area contributed by atoms with Gasteiger partial charge in [0.1, 0.15) is 5.82 Å². The zero-order valence-corrected chi connectivity index (χ0v) is 11.0. The summed E-state index contributed by atoms with van der Waals surface area (Å²) in [6, 6.07) is 9.59. The molecule has 0 saturated carbocycles. The van der Waals surface area contributed by atoms with Crippen LogP contribution in [0.2, 0.25) is 0 Å². The molecule has 1 aromatic carbocycles. The Morgan fingerprint density at radius 2 is 1.76 bits per heavy atom. The van der Waals surface area contributed by atoms with E-state index in [0.717, 1.165) is 21.7 Å². The Bertz CT molecular complexity index is 803. The van der Waals surface area contributed by atoms with Gasteiger partial charge in [0.25, 0.3) is 0 Å². The maximum absolute atomic E-state index is 13.0. The van der Waals surface area contributed by atoms with E-state index >= 15 is 0 Å². The highest BCUT2D eigenvalue weighted by atomic mass is 19.4. The molecule has 0 saturated heterocycles. The molecular formula is C14H11F3N4. The molecule has 0 fully saturated rings. The maximum atomic E-state index is 13.0. The third-order valence-electron chi connectivity index (χ3n) is 3.08. The first-order valence-corrected chi connectivity index (χ1v) is 6.15. The molecule has 0 unspecified atom stereocenters. The summed E-state index contributed by atoms with van der Waals surface area (Å²) in [4.78, 5) is 3.89. The van der Waals surface area contributed by atoms with Gasteiger partial charge in [0, 0.05) is 17.7 Å². The highest BCUT2D eigenvalue weighted by Gasteiger charge is 2.35. The number of hydrogen-bond acceptors (Lipinski definition) is 3. The van der Waals surface area contributed by atoms with Crippen molar-refractivity contribution in [2.75, 3.05) is 5.73 Å². The van der Waals surface area contributed by atoms with E-state index in [1.165, 1.54) is 6.07 Å². The Balaban J connectivity index is 2.22. The first-order valence-electron chi connectivity index (χ1n) is 6.15. The Kier molecular flexibility index (Phi) is 2.86. The van der Waals surface area contributed by atoms with Gasteiger partial charge in [-0.3, -0.25) is 0 Å². The first-order chi connectivity index (χ1) is 9.84. The average Bonchev–Trinajstić information content (AvgIpc) is 2.80. The smallest absolute Gasteiger partial charge is 0.384 e. The van der Waals surface area contributed by atoms with Crippen LogP contribution in [0.25, 0.3) is 16.9 Å². The van der Waals surface area contributed by atoms with Crippen LogP contribution in [0, 0.1) is 6.92 Å². The molecule has 2 aromatic heterocycles. The van der Waals surface area contributed by atoms with Crippen molar-refractivity contribution in [2.24, 2.45) is 0 Å². The monoisotopic (exact) mass is 292 g/mol. The number of halogens is 3. The number of benzene rings is 1. The summed E-state index contributed by atoms with van der Waals surface area (Å²) < 4.78 is 39.8. The van der Waals surface area contributed by atoms with Crippen molar-refractivity contribution in [2.45, 2.75) is 13.1 Å². The van der Waals surface area contributed by atoms with Gasteiger partial charge in [0.15, 0.2) is 11.3 Å². The lowest BCUT2D eigenvalue weighted by Gasteiger charge is -2.08. The van der Waals surface area contributed by atoms with Gasteiger partial charge in [0.05, 0.1) is 5.69 Å². The molecule has 21 heavy (non-hydrogen) atoms. The molecule has 4 nitrogen and oxygen atoms in total. The molecule has 0 aliphatic heterocycles. The van der Waals surface area contributed by atoms with E-state index in [1.807, 2.05) is 19.1 Å². The van der Waals surface area contributed by atoms with Crippen molar-refractivity contribution in [3.8, 4) is 11.3 Å². The van der Waals surface area contributed by atoms with Gasteiger partial charge in [-0.15, -0.1) is 0 Å². The Morgan fingerprint density at radius 1 is 1.10 bits per heavy atom. The van der Waals surface area contributed by atoms with E-state index in [0.29, 0.717) is 5.69 Å². The van der Waals surface area contributed by atoms with Crippen molar-refractivity contribution in [1.29, 1.82) is 0 Å². The zero-order chi connectivity index (χ0) is 15.2. The molecule has 108 valence electrons. The summed E-state index contributed by atoms with van der Waals surface area (Å²) in [5, 5.41) is 4.00. The summed E-state index contributed by atoms with van der Waals surface area (Å²) in [5.41, 5.74) is 6.76. The van der Waals surface area contributed by atoms with E-state index in [-0.39, 0.29) is 11.5 Å². The SMILES string of the molecule is Cc1ccc(-c2cc3nc(N)cc(C(F)(F)F)n3n2)cc1. The molecule has 3 aromatic rings. The molecule has 3 rings (SSSR count). The van der Waals surface area contributed by atoms with Gasteiger partial charge in [-0.2, -0.15) is 18.3 Å². The molecule has 0 aliphatic rings. The van der Waals surface area contributed by atoms with Crippen LogP contribution >= 0.6 is 0 Å². The van der Waals surface area contributed by atoms with Crippen molar-refractivity contribution >= 4 is 11.5 Å². The van der Waals surface area contributed by atoms with Crippen molar-refractivity contribution in [3.63, 3.8) is 0 Å². The number of alkyl halides is 3. The lowest BCUT2D eigenvalue weighted by molar-refractivity contribution is -0.142. The second-order valence-electron chi connectivity index (χ2n) is 4.73. The molecule has 2 heterocycles. The Labute approximate surface area is 118 Å². The second kappa shape index (κ2) is 4.47. The van der Waals surface area contributed by atoms with Gasteiger partial charge in [-0.25, -0.2) is 9.50 Å². The molecule has 2 N–H and O–H groups in total. The number of nitrogens with zero attached hydrogens (tertiary/aromatic N) is 3. The van der Waals surface area contributed by atoms with Crippen LogP contribution < -0.4 is 5.73 Å². The Morgan fingerprint density at radius 3 is 2.38 bits per heavy atom. The molecule has 0 aliphatic carbocycles. The summed E-state index contributed by atoms with van der Waals surface area (Å²) in [7, 11) is 0. The fraction of sp³-hybridized carbons (Fsp3) is 0.143. The Hall–Kier alpha value is -2.57. The molecule has 0 spiro atoms. The van der Waals surface area contributed by atoms with E-state index in [9.17, 15) is 13.2 Å². The summed E-state index contributed by atoms with van der Waals surface area (Å²) in [6.07, 6.45) is -4.55. The number of anilines is 1. The number of aromatic nitrogens is 3. The highest BCUT2D eigenvalue weighted by molar-refractivity contribution is 5.65. The third kappa shape index (κ3) is 2.42. The van der Waals surface area contributed by atoms with Gasteiger partial charge in [-0.1, -0.05) is 29.8 Å². The van der Waals surface area contributed by atoms with Crippen molar-refractivity contribution < 1.29 is 13.2 Å². The molecule has 0 atom stereocenters. The minimum absolute atomic E-state index is 0.0675. The van der Waals surface area contributed by atoms with Crippen LogP contribution in [0.3, 0.4) is 0 Å². The molecule has 0 amide bonds. The molecular weight excluding hydrogens is 281 g/mol. The lowest BCUT2D eigenvalue weighted by Crippen LogP contribution is -2.14. The van der Waals surface area contributed by atoms with E-state index in [2.05, 4.69) is 10.1 Å². The number of hydrogen-bond donors (Lipinski definition) is 1. The minimum Gasteiger partial charge on any atom is -0.384 e. The van der Waals surface area contributed by atoms with Crippen LogP contribution in [0.5, 0.6) is 0 Å². The number of nitrogen functional groups attached to an aromatic ring is 1. The fourth-order valence-electron chi connectivity index (χ4n) is 2.06. The lowest BCUT2D eigenvalue weighted by atomic mass is 10.1. The van der Waals surface area contributed by atoms with E-state index < -0.39 is 11.9 Å². The van der Waals surface area contributed by atoms with Crippen molar-refractivity contribution in [3.05, 3.63) is 47.7 Å². The van der Waals surface area contributed by atoms with E-state index in [1.54, 1.807) is 12.1 Å². The topological polar surface area (TPSA) is 56.2 Å². The molecule has 7 heteroatoms. The fourth-order valence-corrected chi connectivity index (χ4v) is 2.06. The van der Waals surface area contributed by atoms with Gasteiger partial charge < -0.3 is 5.73 Å². The average molecular weight is 292 g/mol. The minimum atomic E-state index is -4.55. The largest absolute Gasteiger partial charge is 0.433 e. The van der Waals surface area contributed by atoms with Crippen LogP contribution in [0.15, 0.2) is 36.4 Å². The van der Waals surface area contributed by atoms with Gasteiger partial charge in [0.2, 0.25) is 0 Å². The van der Waals surface area contributed by atoms with Gasteiger partial charge >= 0.3 is 6.18 Å². The zero-order valence-electron chi connectivity index (χ0n) is 11.0. The standard InChI is InChI=1S/C14H11F3N4/c1-8-2-4-9(5-3-8)10-6-13-19-12(18)7-11(14(15,16)17)21(13)20-10/h2-7H,1H3,(H2,18,19). The predicted octanol–water partition coefficient (Wildman–Crippen LogP) is 3.31. The summed E-state index contributed by atoms with van der Waals surface area (Å²) in [5.74, 6) is -0.190. The normalized spacial score (nSPS) is 12.0. The van der Waals surface area contributed by atoms with Crippen LogP contribution in [-0.2, 0) is 6.18 Å². The van der Waals surface area contributed by atoms with Crippen LogP contribution in [0.4, 0.5) is 19.0 Å². The molecule has 0 radical (unpaired) electrons. The summed E-state index contributed by atoms with van der Waals surface area (Å²) in [6.45, 7) is 1.93. The quantitative estimate of drug-likeness (QED) is 0.748. The summed E-state index contributed by atoms with van der Waals surface area (Å²) >= 11 is 0. The number of rotatable bonds is 1. The van der Waals surface area contributed by atoms with Crippen molar-refractivity contribution in [1.82, 2.24) is 14.6 Å². The van der Waals surface area contributed by atoms with Crippen LogP contribution in [0.1, 0.15) is 11.3 Å². The van der Waals surface area contributed by atoms with Gasteiger partial charge in [-0.05, 0) is 6.92 Å². The first kappa shape index (κ1) is 13.4. The third-order valence-corrected chi connectivity index (χ3v) is 3.08. The highest BCUT2D eigenvalue weighted by Crippen LogP contribution is 2.31. The van der Waals surface area contributed by atoms with E-state index in [4.69, 9.17) is 5.73 Å². The molecule has 0 bridgehead atoms. The number of fused-ring (bicyclic) bond motifs is 1. The number of aryl methyl sites for hydroxylation is 1.